The van der Waals surface area contributed by atoms with Crippen molar-refractivity contribution in [2.24, 2.45) is 11.7 Å². The highest BCUT2D eigenvalue weighted by Crippen LogP contribution is 2.27. The summed E-state index contributed by atoms with van der Waals surface area (Å²) in [6.45, 7) is 4.41. The van der Waals surface area contributed by atoms with Crippen LogP contribution in [0.15, 0.2) is 27.6 Å². The zero-order chi connectivity index (χ0) is 15.5. The van der Waals surface area contributed by atoms with E-state index in [1.54, 1.807) is 19.2 Å². The van der Waals surface area contributed by atoms with Crippen molar-refractivity contribution in [3.8, 4) is 0 Å². The van der Waals surface area contributed by atoms with Gasteiger partial charge in [-0.05, 0) is 30.5 Å². The fourth-order valence-electron chi connectivity index (χ4n) is 1.64. The molecule has 1 aromatic carbocycles. The first kappa shape index (κ1) is 21.1. The first-order chi connectivity index (χ1) is 9.16. The van der Waals surface area contributed by atoms with Crippen molar-refractivity contribution in [2.75, 3.05) is 13.6 Å². The van der Waals surface area contributed by atoms with E-state index in [1.165, 1.54) is 10.4 Å². The van der Waals surface area contributed by atoms with E-state index >= 15 is 0 Å². The van der Waals surface area contributed by atoms with Crippen LogP contribution < -0.4 is 5.73 Å². The molecule has 0 aromatic heterocycles. The average molecular weight is 420 g/mol. The highest BCUT2D eigenvalue weighted by Gasteiger charge is 2.24. The average Bonchev–Trinajstić information content (AvgIpc) is 2.34. The molecule has 0 radical (unpaired) electrons. The first-order valence-corrected chi connectivity index (χ1v) is 8.94. The summed E-state index contributed by atoms with van der Waals surface area (Å²) in [7, 11) is -2.04. The minimum Gasteiger partial charge on any atom is -0.327 e. The lowest BCUT2D eigenvalue weighted by molar-refractivity contribution is 0.397. The van der Waals surface area contributed by atoms with E-state index in [0.29, 0.717) is 18.9 Å². The molecule has 1 aromatic rings. The van der Waals surface area contributed by atoms with Crippen molar-refractivity contribution in [3.63, 3.8) is 0 Å². The second-order valence-corrected chi connectivity index (χ2v) is 8.43. The van der Waals surface area contributed by atoms with Crippen LogP contribution in [0.2, 0.25) is 5.02 Å². The van der Waals surface area contributed by atoms with Gasteiger partial charge in [0, 0.05) is 24.1 Å². The van der Waals surface area contributed by atoms with E-state index in [0.717, 1.165) is 4.47 Å². The van der Waals surface area contributed by atoms with Crippen LogP contribution in [0.5, 0.6) is 0 Å². The third-order valence-electron chi connectivity index (χ3n) is 3.22. The van der Waals surface area contributed by atoms with Crippen molar-refractivity contribution in [1.82, 2.24) is 4.31 Å². The van der Waals surface area contributed by atoms with Crippen LogP contribution in [0.25, 0.3) is 0 Å². The van der Waals surface area contributed by atoms with E-state index in [4.69, 9.17) is 17.3 Å². The molecule has 0 aliphatic rings. The van der Waals surface area contributed by atoms with Gasteiger partial charge in [0.15, 0.2) is 0 Å². The Morgan fingerprint density at radius 2 is 1.95 bits per heavy atom. The molecule has 0 bridgehead atoms. The summed E-state index contributed by atoms with van der Waals surface area (Å²) in [5, 5.41) is 0.208. The Balaban J connectivity index is 0.00000400. The minimum absolute atomic E-state index is 0. The summed E-state index contributed by atoms with van der Waals surface area (Å²) in [6.07, 6.45) is 0.613. The Bertz CT molecular complexity index is 567. The van der Waals surface area contributed by atoms with Crippen LogP contribution in [0.4, 0.5) is 0 Å². The van der Waals surface area contributed by atoms with E-state index < -0.39 is 10.0 Å². The number of nitrogens with two attached hydrogens (primary N) is 1. The SMILES string of the molecule is CC(C)C(N)CCN(C)S(=O)(=O)c1ccc(Br)cc1Cl.Cl. The maximum atomic E-state index is 12.4. The Labute approximate surface area is 146 Å². The zero-order valence-corrected chi connectivity index (χ0v) is 16.2. The van der Waals surface area contributed by atoms with Gasteiger partial charge in [0.05, 0.1) is 5.02 Å². The molecule has 1 unspecified atom stereocenters. The van der Waals surface area contributed by atoms with Gasteiger partial charge in [-0.1, -0.05) is 41.4 Å². The molecule has 122 valence electrons. The normalized spacial score (nSPS) is 13.3. The highest BCUT2D eigenvalue weighted by atomic mass is 79.9. The molecule has 0 spiro atoms. The predicted octanol–water partition coefficient (Wildman–Crippen LogP) is 3.52. The molecule has 0 saturated heterocycles. The van der Waals surface area contributed by atoms with Gasteiger partial charge < -0.3 is 5.73 Å². The largest absolute Gasteiger partial charge is 0.327 e. The van der Waals surface area contributed by atoms with Gasteiger partial charge in [-0.3, -0.25) is 0 Å². The molecule has 21 heavy (non-hydrogen) atoms. The van der Waals surface area contributed by atoms with Gasteiger partial charge in [-0.15, -0.1) is 12.4 Å². The van der Waals surface area contributed by atoms with Crippen LogP contribution in [-0.2, 0) is 10.0 Å². The number of hydrogen-bond donors (Lipinski definition) is 1. The molecular weight excluding hydrogens is 399 g/mol. The molecule has 2 N–H and O–H groups in total. The third kappa shape index (κ3) is 5.69. The number of nitrogens with zero attached hydrogens (tertiary/aromatic N) is 1. The van der Waals surface area contributed by atoms with Crippen LogP contribution in [0, 0.1) is 5.92 Å². The minimum atomic E-state index is -3.58. The molecular formula is C13H21BrCl2N2O2S. The predicted molar refractivity (Wildman–Crippen MR) is 93.6 cm³/mol. The number of hydrogen-bond acceptors (Lipinski definition) is 3. The zero-order valence-electron chi connectivity index (χ0n) is 12.2. The lowest BCUT2D eigenvalue weighted by Crippen LogP contribution is -2.34. The smallest absolute Gasteiger partial charge is 0.244 e. The van der Waals surface area contributed by atoms with Crippen molar-refractivity contribution in [3.05, 3.63) is 27.7 Å². The highest BCUT2D eigenvalue weighted by molar-refractivity contribution is 9.10. The third-order valence-corrected chi connectivity index (χ3v) is 6.05. The van der Waals surface area contributed by atoms with Gasteiger partial charge in [-0.2, -0.15) is 0 Å². The number of benzene rings is 1. The van der Waals surface area contributed by atoms with Gasteiger partial charge in [0.2, 0.25) is 10.0 Å². The van der Waals surface area contributed by atoms with Crippen molar-refractivity contribution < 1.29 is 8.42 Å². The molecule has 1 atom stereocenters. The molecule has 8 heteroatoms. The first-order valence-electron chi connectivity index (χ1n) is 6.33. The second kappa shape index (κ2) is 8.70. The second-order valence-electron chi connectivity index (χ2n) is 5.10. The number of halogens is 3. The molecule has 0 aliphatic heterocycles. The summed E-state index contributed by atoms with van der Waals surface area (Å²) < 4.78 is 26.9. The Morgan fingerprint density at radius 1 is 1.38 bits per heavy atom. The van der Waals surface area contributed by atoms with Gasteiger partial charge in [-0.25, -0.2) is 12.7 Å². The van der Waals surface area contributed by atoms with E-state index in [2.05, 4.69) is 15.9 Å². The van der Waals surface area contributed by atoms with E-state index in [1.807, 2.05) is 13.8 Å². The summed E-state index contributed by atoms with van der Waals surface area (Å²) in [5.74, 6) is 0.322. The summed E-state index contributed by atoms with van der Waals surface area (Å²) >= 11 is 9.27. The Hall–Kier alpha value is 0.150. The van der Waals surface area contributed by atoms with E-state index in [-0.39, 0.29) is 28.4 Å². The summed E-state index contributed by atoms with van der Waals surface area (Å²) in [5.41, 5.74) is 5.94. The summed E-state index contributed by atoms with van der Waals surface area (Å²) in [6, 6.07) is 4.71. The maximum Gasteiger partial charge on any atom is 0.244 e. The molecule has 0 aliphatic carbocycles. The topological polar surface area (TPSA) is 63.4 Å². The molecule has 0 fully saturated rings. The molecule has 0 heterocycles. The van der Waals surface area contributed by atoms with Gasteiger partial charge in [0.25, 0.3) is 0 Å². The lowest BCUT2D eigenvalue weighted by atomic mass is 10.0. The van der Waals surface area contributed by atoms with E-state index in [9.17, 15) is 8.42 Å². The molecule has 0 saturated carbocycles. The maximum absolute atomic E-state index is 12.4. The van der Waals surface area contributed by atoms with Crippen molar-refractivity contribution in [2.45, 2.75) is 31.2 Å². The summed E-state index contributed by atoms with van der Waals surface area (Å²) in [4.78, 5) is 0.114. The fourth-order valence-corrected chi connectivity index (χ4v) is 3.83. The molecule has 0 amide bonds. The monoisotopic (exact) mass is 418 g/mol. The lowest BCUT2D eigenvalue weighted by Gasteiger charge is -2.21. The van der Waals surface area contributed by atoms with Crippen molar-refractivity contribution in [1.29, 1.82) is 0 Å². The Morgan fingerprint density at radius 3 is 2.43 bits per heavy atom. The van der Waals surface area contributed by atoms with Crippen LogP contribution in [-0.4, -0.2) is 32.4 Å². The quantitative estimate of drug-likeness (QED) is 0.766. The Kier molecular flexibility index (Phi) is 8.76. The number of rotatable bonds is 6. The van der Waals surface area contributed by atoms with Gasteiger partial charge in [0.1, 0.15) is 4.90 Å². The number of sulfonamides is 1. The fraction of sp³-hybridized carbons (Fsp3) is 0.538. The van der Waals surface area contributed by atoms with Crippen LogP contribution >= 0.6 is 39.9 Å². The van der Waals surface area contributed by atoms with Crippen LogP contribution in [0.1, 0.15) is 20.3 Å². The van der Waals surface area contributed by atoms with Crippen LogP contribution in [0.3, 0.4) is 0 Å². The van der Waals surface area contributed by atoms with Gasteiger partial charge >= 0.3 is 0 Å². The molecule has 1 rings (SSSR count). The standard InChI is InChI=1S/C13H20BrClN2O2S.ClH/c1-9(2)12(16)6-7-17(3)20(18,19)13-5-4-10(14)8-11(13)15;/h4-5,8-9,12H,6-7,16H2,1-3H3;1H. The molecule has 4 nitrogen and oxygen atoms in total. The van der Waals surface area contributed by atoms with Crippen molar-refractivity contribution >= 4 is 50.0 Å².